The SMILES string of the molecule is COc1ccc(-c2nnc3sc(CCCCc4nn5c(-c6ccc(OC)cc6)nnc5s4)nn23)cc1. The molecule has 12 heteroatoms. The number of aryl methyl sites for hydroxylation is 2. The topological polar surface area (TPSA) is 105 Å². The molecule has 0 atom stereocenters. The summed E-state index contributed by atoms with van der Waals surface area (Å²) in [7, 11) is 3.31. The van der Waals surface area contributed by atoms with Crippen LogP contribution in [0.4, 0.5) is 0 Å². The minimum absolute atomic E-state index is 0.738. The summed E-state index contributed by atoms with van der Waals surface area (Å²) in [6, 6.07) is 15.5. The van der Waals surface area contributed by atoms with E-state index in [0.717, 1.165) is 79.9 Å². The van der Waals surface area contributed by atoms with Crippen LogP contribution in [0.15, 0.2) is 48.5 Å². The van der Waals surface area contributed by atoms with Gasteiger partial charge in [-0.15, -0.1) is 20.4 Å². The van der Waals surface area contributed by atoms with Gasteiger partial charge < -0.3 is 9.47 Å². The second kappa shape index (κ2) is 9.63. The Labute approximate surface area is 214 Å². The summed E-state index contributed by atoms with van der Waals surface area (Å²) in [5.74, 6) is 3.09. The lowest BCUT2D eigenvalue weighted by Crippen LogP contribution is -1.95. The van der Waals surface area contributed by atoms with Gasteiger partial charge in [-0.05, 0) is 61.4 Å². The smallest absolute Gasteiger partial charge is 0.234 e. The molecule has 2 aromatic carbocycles. The Hall–Kier alpha value is -3.90. The molecule has 0 aliphatic rings. The van der Waals surface area contributed by atoms with Crippen LogP contribution in [0, 0.1) is 0 Å². The van der Waals surface area contributed by atoms with Crippen molar-refractivity contribution in [2.75, 3.05) is 14.2 Å². The van der Waals surface area contributed by atoms with E-state index in [4.69, 9.17) is 19.7 Å². The van der Waals surface area contributed by atoms with Gasteiger partial charge in [0.1, 0.15) is 21.5 Å². The predicted octanol–water partition coefficient (Wildman–Crippen LogP) is 4.60. The molecule has 0 spiro atoms. The van der Waals surface area contributed by atoms with Gasteiger partial charge in [0.2, 0.25) is 9.92 Å². The number of unbranched alkanes of at least 4 members (excludes halogenated alkanes) is 1. The zero-order chi connectivity index (χ0) is 24.5. The number of hydrogen-bond acceptors (Lipinski definition) is 10. The van der Waals surface area contributed by atoms with E-state index >= 15 is 0 Å². The number of fused-ring (bicyclic) bond motifs is 2. The number of benzene rings is 2. The average molecular weight is 519 g/mol. The molecule has 0 saturated heterocycles. The Morgan fingerprint density at radius 3 is 1.42 bits per heavy atom. The molecule has 0 radical (unpaired) electrons. The van der Waals surface area contributed by atoms with Crippen LogP contribution in [0.3, 0.4) is 0 Å². The zero-order valence-electron chi connectivity index (χ0n) is 19.7. The fraction of sp³-hybridized carbons (Fsp3) is 0.250. The van der Waals surface area contributed by atoms with Crippen LogP contribution in [0.2, 0.25) is 0 Å². The van der Waals surface area contributed by atoms with E-state index in [9.17, 15) is 0 Å². The third-order valence-corrected chi connectivity index (χ3v) is 7.71. The minimum Gasteiger partial charge on any atom is -0.497 e. The molecular formula is C24H22N8O2S2. The summed E-state index contributed by atoms with van der Waals surface area (Å²) in [6.07, 6.45) is 3.79. The summed E-state index contributed by atoms with van der Waals surface area (Å²) in [6.45, 7) is 0. The Balaban J connectivity index is 1.09. The van der Waals surface area contributed by atoms with E-state index in [1.165, 1.54) is 0 Å². The van der Waals surface area contributed by atoms with Crippen molar-refractivity contribution in [1.82, 2.24) is 39.6 Å². The van der Waals surface area contributed by atoms with Gasteiger partial charge in [-0.1, -0.05) is 22.7 Å². The van der Waals surface area contributed by atoms with Gasteiger partial charge in [0.15, 0.2) is 11.6 Å². The fourth-order valence-corrected chi connectivity index (χ4v) is 5.66. The minimum atomic E-state index is 0.738. The molecule has 182 valence electrons. The summed E-state index contributed by atoms with van der Waals surface area (Å²) < 4.78 is 14.1. The highest BCUT2D eigenvalue weighted by molar-refractivity contribution is 7.17. The molecule has 0 aliphatic carbocycles. The maximum Gasteiger partial charge on any atom is 0.234 e. The molecular weight excluding hydrogens is 496 g/mol. The van der Waals surface area contributed by atoms with Crippen molar-refractivity contribution in [2.45, 2.75) is 25.7 Å². The number of nitrogens with zero attached hydrogens (tertiary/aromatic N) is 8. The van der Waals surface area contributed by atoms with E-state index in [1.54, 1.807) is 36.9 Å². The van der Waals surface area contributed by atoms with Crippen LogP contribution in [-0.4, -0.2) is 53.8 Å². The van der Waals surface area contributed by atoms with Crippen LogP contribution >= 0.6 is 22.7 Å². The van der Waals surface area contributed by atoms with Crippen molar-refractivity contribution in [3.63, 3.8) is 0 Å². The molecule has 0 aliphatic heterocycles. The van der Waals surface area contributed by atoms with Gasteiger partial charge in [0, 0.05) is 24.0 Å². The van der Waals surface area contributed by atoms with Crippen LogP contribution in [0.25, 0.3) is 32.7 Å². The molecule has 0 amide bonds. The molecule has 6 rings (SSSR count). The van der Waals surface area contributed by atoms with Gasteiger partial charge in [0.25, 0.3) is 0 Å². The molecule has 0 bridgehead atoms. The van der Waals surface area contributed by atoms with Crippen LogP contribution in [0.5, 0.6) is 11.5 Å². The van der Waals surface area contributed by atoms with Gasteiger partial charge in [0.05, 0.1) is 14.2 Å². The Bertz CT molecular complexity index is 1490. The lowest BCUT2D eigenvalue weighted by Gasteiger charge is -2.01. The summed E-state index contributed by atoms with van der Waals surface area (Å²) in [5, 5.41) is 28.8. The third kappa shape index (κ3) is 4.29. The average Bonchev–Trinajstić information content (AvgIpc) is 3.68. The first-order valence-corrected chi connectivity index (χ1v) is 13.1. The van der Waals surface area contributed by atoms with Crippen molar-refractivity contribution in [3.8, 4) is 34.3 Å². The van der Waals surface area contributed by atoms with Gasteiger partial charge in [-0.3, -0.25) is 0 Å². The van der Waals surface area contributed by atoms with Crippen LogP contribution < -0.4 is 9.47 Å². The number of aromatic nitrogens is 8. The molecule has 4 heterocycles. The Morgan fingerprint density at radius 1 is 0.611 bits per heavy atom. The first-order chi connectivity index (χ1) is 17.7. The molecule has 36 heavy (non-hydrogen) atoms. The highest BCUT2D eigenvalue weighted by Gasteiger charge is 2.15. The molecule has 0 fully saturated rings. The van der Waals surface area contributed by atoms with Crippen molar-refractivity contribution in [3.05, 3.63) is 58.5 Å². The molecule has 0 unspecified atom stereocenters. The predicted molar refractivity (Wildman–Crippen MR) is 138 cm³/mol. The van der Waals surface area contributed by atoms with Crippen LogP contribution in [0.1, 0.15) is 22.9 Å². The summed E-state index contributed by atoms with van der Waals surface area (Å²) in [5.41, 5.74) is 1.91. The normalized spacial score (nSPS) is 11.5. The molecule has 4 aromatic heterocycles. The number of methoxy groups -OCH3 is 2. The van der Waals surface area contributed by atoms with E-state index in [0.29, 0.717) is 0 Å². The monoisotopic (exact) mass is 518 g/mol. The lowest BCUT2D eigenvalue weighted by molar-refractivity contribution is 0.414. The van der Waals surface area contributed by atoms with E-state index in [1.807, 2.05) is 57.6 Å². The molecule has 0 N–H and O–H groups in total. The zero-order valence-corrected chi connectivity index (χ0v) is 21.3. The summed E-state index contributed by atoms with van der Waals surface area (Å²) in [4.78, 5) is 1.60. The van der Waals surface area contributed by atoms with E-state index in [-0.39, 0.29) is 0 Å². The van der Waals surface area contributed by atoms with E-state index in [2.05, 4.69) is 20.4 Å². The van der Waals surface area contributed by atoms with Crippen molar-refractivity contribution in [2.24, 2.45) is 0 Å². The third-order valence-electron chi connectivity index (χ3n) is 5.79. The van der Waals surface area contributed by atoms with Gasteiger partial charge in [-0.2, -0.15) is 19.2 Å². The fourth-order valence-electron chi connectivity index (χ4n) is 3.91. The highest BCUT2D eigenvalue weighted by atomic mass is 32.1. The maximum atomic E-state index is 5.24. The second-order valence-corrected chi connectivity index (χ2v) is 10.2. The first-order valence-electron chi connectivity index (χ1n) is 11.4. The Kier molecular flexibility index (Phi) is 6.03. The Morgan fingerprint density at radius 2 is 1.03 bits per heavy atom. The van der Waals surface area contributed by atoms with Crippen molar-refractivity contribution in [1.29, 1.82) is 0 Å². The lowest BCUT2D eigenvalue weighted by atomic mass is 10.2. The van der Waals surface area contributed by atoms with Crippen molar-refractivity contribution < 1.29 is 9.47 Å². The highest BCUT2D eigenvalue weighted by Crippen LogP contribution is 2.26. The molecule has 0 saturated carbocycles. The van der Waals surface area contributed by atoms with E-state index < -0.39 is 0 Å². The largest absolute Gasteiger partial charge is 0.497 e. The quantitative estimate of drug-likeness (QED) is 0.256. The van der Waals surface area contributed by atoms with Crippen molar-refractivity contribution >= 4 is 32.6 Å². The number of hydrogen-bond donors (Lipinski definition) is 0. The van der Waals surface area contributed by atoms with Gasteiger partial charge in [-0.25, -0.2) is 0 Å². The molecule has 10 nitrogen and oxygen atoms in total. The molecule has 6 aromatic rings. The van der Waals surface area contributed by atoms with Gasteiger partial charge >= 0.3 is 0 Å². The standard InChI is InChI=1S/C24H22N8O2S2/c1-33-17-11-7-15(8-12-17)21-25-27-23-31(21)29-19(35-23)5-3-4-6-20-30-32-22(26-28-24(32)36-20)16-9-13-18(34-2)14-10-16/h7-14H,3-6H2,1-2H3. The first kappa shape index (κ1) is 22.6. The number of rotatable bonds is 9. The maximum absolute atomic E-state index is 5.24. The van der Waals surface area contributed by atoms with Crippen LogP contribution in [-0.2, 0) is 12.8 Å². The number of ether oxygens (including phenoxy) is 2. The summed E-state index contributed by atoms with van der Waals surface area (Å²) >= 11 is 3.17. The second-order valence-electron chi connectivity index (χ2n) is 8.09.